The van der Waals surface area contributed by atoms with Crippen molar-refractivity contribution in [2.45, 2.75) is 33.7 Å². The number of hydrogen-bond acceptors (Lipinski definition) is 7. The zero-order valence-corrected chi connectivity index (χ0v) is 25.2. The minimum Gasteiger partial charge on any atom is -0.478 e. The summed E-state index contributed by atoms with van der Waals surface area (Å²) in [6, 6.07) is 15.8. The van der Waals surface area contributed by atoms with Crippen LogP contribution in [0.3, 0.4) is 0 Å². The first-order valence-electron chi connectivity index (χ1n) is 13.5. The molecule has 216 valence electrons. The van der Waals surface area contributed by atoms with Gasteiger partial charge < -0.3 is 19.3 Å². The van der Waals surface area contributed by atoms with Crippen LogP contribution in [0.25, 0.3) is 11.8 Å². The average Bonchev–Trinajstić information content (AvgIpc) is 3.41. The quantitative estimate of drug-likeness (QED) is 0.330. The third kappa shape index (κ3) is 5.09. The largest absolute Gasteiger partial charge is 0.478 e. The molecular formula is C32H32N4O5S. The Bertz CT molecular complexity index is 1930. The number of carbonyl (C=O) groups is 2. The number of aromatic nitrogens is 2. The minimum atomic E-state index is -0.996. The first-order chi connectivity index (χ1) is 20.0. The molecule has 2 aromatic carbocycles. The lowest BCUT2D eigenvalue weighted by atomic mass is 9.95. The Hall–Kier alpha value is -4.70. The van der Waals surface area contributed by atoms with Gasteiger partial charge in [-0.1, -0.05) is 29.5 Å². The number of carbonyl (C=O) groups excluding carboxylic acids is 1. The van der Waals surface area contributed by atoms with Crippen molar-refractivity contribution in [2.75, 3.05) is 25.6 Å². The standard InChI is InChI=1S/C32H32N4O5S/c1-7-41-31(40)27-19(3)33-32-36(28(27)21-11-13-24(14-12-21)34(5)6)29(37)26(42-32)17-23-15-18(2)35(20(23)4)25-10-8-9-22(16-25)30(38)39/h8-17,28H,7H2,1-6H3,(H,38,39)/b26-17-/t28-/m1/s1. The van der Waals surface area contributed by atoms with E-state index >= 15 is 0 Å². The van der Waals surface area contributed by atoms with Crippen molar-refractivity contribution in [3.8, 4) is 5.69 Å². The lowest BCUT2D eigenvalue weighted by Gasteiger charge is -2.25. The van der Waals surface area contributed by atoms with E-state index in [-0.39, 0.29) is 17.7 Å². The summed E-state index contributed by atoms with van der Waals surface area (Å²) in [6.07, 6.45) is 1.83. The molecule has 0 fully saturated rings. The fraction of sp³-hybridized carbons (Fsp3) is 0.250. The summed E-state index contributed by atoms with van der Waals surface area (Å²) < 4.78 is 9.41. The molecule has 0 radical (unpaired) electrons. The lowest BCUT2D eigenvalue weighted by Crippen LogP contribution is -2.40. The maximum atomic E-state index is 14.0. The summed E-state index contributed by atoms with van der Waals surface area (Å²) >= 11 is 1.27. The molecule has 1 atom stereocenters. The Labute approximate surface area is 246 Å². The van der Waals surface area contributed by atoms with E-state index in [0.29, 0.717) is 20.6 Å². The number of ether oxygens (including phenoxy) is 1. The van der Waals surface area contributed by atoms with E-state index < -0.39 is 18.0 Å². The summed E-state index contributed by atoms with van der Waals surface area (Å²) in [6.45, 7) is 7.59. The summed E-state index contributed by atoms with van der Waals surface area (Å²) in [4.78, 5) is 45.9. The number of aryl methyl sites for hydroxylation is 1. The zero-order chi connectivity index (χ0) is 30.3. The molecule has 0 bridgehead atoms. The van der Waals surface area contributed by atoms with Gasteiger partial charge in [-0.05, 0) is 81.3 Å². The first kappa shape index (κ1) is 28.8. The lowest BCUT2D eigenvalue weighted by molar-refractivity contribution is -0.139. The predicted octanol–water partition coefficient (Wildman–Crippen LogP) is 3.97. The number of carboxylic acids is 1. The van der Waals surface area contributed by atoms with Gasteiger partial charge in [-0.2, -0.15) is 0 Å². The van der Waals surface area contributed by atoms with Crippen LogP contribution in [0.2, 0.25) is 0 Å². The monoisotopic (exact) mass is 584 g/mol. The molecule has 2 aromatic heterocycles. The molecule has 0 saturated carbocycles. The van der Waals surface area contributed by atoms with Crippen LogP contribution in [0.15, 0.2) is 75.7 Å². The van der Waals surface area contributed by atoms with Gasteiger partial charge in [-0.3, -0.25) is 9.36 Å². The molecule has 1 aliphatic heterocycles. The van der Waals surface area contributed by atoms with Gasteiger partial charge in [0, 0.05) is 36.9 Å². The Balaban J connectivity index is 1.67. The second-order valence-corrected chi connectivity index (χ2v) is 11.3. The van der Waals surface area contributed by atoms with Crippen molar-refractivity contribution >= 4 is 35.0 Å². The topological polar surface area (TPSA) is 106 Å². The first-order valence-corrected chi connectivity index (χ1v) is 14.3. The maximum Gasteiger partial charge on any atom is 0.338 e. The molecular weight excluding hydrogens is 552 g/mol. The van der Waals surface area contributed by atoms with E-state index in [4.69, 9.17) is 4.74 Å². The van der Waals surface area contributed by atoms with Gasteiger partial charge in [-0.15, -0.1) is 0 Å². The van der Waals surface area contributed by atoms with Crippen molar-refractivity contribution in [3.05, 3.63) is 114 Å². The maximum absolute atomic E-state index is 14.0. The van der Waals surface area contributed by atoms with Crippen LogP contribution in [-0.4, -0.2) is 46.9 Å². The second kappa shape index (κ2) is 11.3. The molecule has 42 heavy (non-hydrogen) atoms. The van der Waals surface area contributed by atoms with Crippen molar-refractivity contribution < 1.29 is 19.4 Å². The number of hydrogen-bond donors (Lipinski definition) is 1. The SMILES string of the molecule is CCOC(=O)C1=C(C)N=c2s/c(=C\c3cc(C)n(-c4cccc(C(=O)O)c4)c3C)c(=O)n2[C@@H]1c1ccc(N(C)C)cc1. The number of thiazole rings is 1. The van der Waals surface area contributed by atoms with Crippen molar-refractivity contribution in [3.63, 3.8) is 0 Å². The number of benzene rings is 2. The van der Waals surface area contributed by atoms with Crippen LogP contribution < -0.4 is 19.8 Å². The molecule has 0 amide bonds. The highest BCUT2D eigenvalue weighted by Gasteiger charge is 2.33. The Morgan fingerprint density at radius 3 is 2.45 bits per heavy atom. The molecule has 0 aliphatic carbocycles. The zero-order valence-electron chi connectivity index (χ0n) is 24.3. The summed E-state index contributed by atoms with van der Waals surface area (Å²) in [5.74, 6) is -1.49. The van der Waals surface area contributed by atoms with Gasteiger partial charge in [0.15, 0.2) is 4.80 Å². The summed E-state index contributed by atoms with van der Waals surface area (Å²) in [5.41, 5.74) is 5.87. The van der Waals surface area contributed by atoms with E-state index in [0.717, 1.165) is 33.9 Å². The Morgan fingerprint density at radius 1 is 1.10 bits per heavy atom. The highest BCUT2D eigenvalue weighted by Crippen LogP contribution is 2.31. The van der Waals surface area contributed by atoms with Crippen LogP contribution in [0.1, 0.15) is 52.8 Å². The van der Waals surface area contributed by atoms with Gasteiger partial charge in [0.25, 0.3) is 5.56 Å². The summed E-state index contributed by atoms with van der Waals surface area (Å²) in [7, 11) is 3.90. The van der Waals surface area contributed by atoms with E-state index in [1.807, 2.05) is 79.9 Å². The fourth-order valence-corrected chi connectivity index (χ4v) is 6.35. The van der Waals surface area contributed by atoms with Gasteiger partial charge in [0.2, 0.25) is 0 Å². The van der Waals surface area contributed by atoms with Crippen LogP contribution in [-0.2, 0) is 9.53 Å². The van der Waals surface area contributed by atoms with Gasteiger partial charge in [-0.25, -0.2) is 14.6 Å². The van der Waals surface area contributed by atoms with Gasteiger partial charge in [0.1, 0.15) is 0 Å². The van der Waals surface area contributed by atoms with E-state index in [2.05, 4.69) is 4.99 Å². The van der Waals surface area contributed by atoms with Crippen LogP contribution in [0.5, 0.6) is 0 Å². The van der Waals surface area contributed by atoms with E-state index in [1.165, 1.54) is 11.3 Å². The molecule has 10 heteroatoms. The Kier molecular flexibility index (Phi) is 7.74. The minimum absolute atomic E-state index is 0.196. The number of esters is 1. The number of aromatic carboxylic acids is 1. The third-order valence-corrected chi connectivity index (χ3v) is 8.33. The fourth-order valence-electron chi connectivity index (χ4n) is 5.31. The molecule has 4 aromatic rings. The number of allylic oxidation sites excluding steroid dienone is 1. The number of carboxylic acid groups (broad SMARTS) is 1. The number of anilines is 1. The molecule has 9 nitrogen and oxygen atoms in total. The number of rotatable bonds is 7. The molecule has 5 rings (SSSR count). The molecule has 1 aliphatic rings. The molecule has 0 unspecified atom stereocenters. The normalized spacial score (nSPS) is 14.9. The third-order valence-electron chi connectivity index (χ3n) is 7.35. The van der Waals surface area contributed by atoms with Crippen LogP contribution >= 0.6 is 11.3 Å². The molecule has 3 heterocycles. The average molecular weight is 585 g/mol. The van der Waals surface area contributed by atoms with Crippen LogP contribution in [0.4, 0.5) is 5.69 Å². The highest BCUT2D eigenvalue weighted by atomic mass is 32.1. The number of fused-ring (bicyclic) bond motifs is 1. The summed E-state index contributed by atoms with van der Waals surface area (Å²) in [5, 5.41) is 9.45. The Morgan fingerprint density at radius 2 is 1.81 bits per heavy atom. The van der Waals surface area contributed by atoms with E-state index in [9.17, 15) is 19.5 Å². The van der Waals surface area contributed by atoms with Gasteiger partial charge in [0.05, 0.1) is 34.0 Å². The van der Waals surface area contributed by atoms with E-state index in [1.54, 1.807) is 36.6 Å². The van der Waals surface area contributed by atoms with Gasteiger partial charge >= 0.3 is 11.9 Å². The van der Waals surface area contributed by atoms with Crippen molar-refractivity contribution in [2.24, 2.45) is 4.99 Å². The molecule has 0 saturated heterocycles. The second-order valence-electron chi connectivity index (χ2n) is 10.3. The highest BCUT2D eigenvalue weighted by molar-refractivity contribution is 7.07. The van der Waals surface area contributed by atoms with Crippen molar-refractivity contribution in [1.29, 1.82) is 0 Å². The van der Waals surface area contributed by atoms with Crippen molar-refractivity contribution in [1.82, 2.24) is 9.13 Å². The molecule has 1 N–H and O–H groups in total. The van der Waals surface area contributed by atoms with Crippen LogP contribution in [0, 0.1) is 13.8 Å². The smallest absolute Gasteiger partial charge is 0.338 e. The number of nitrogens with zero attached hydrogens (tertiary/aromatic N) is 4. The molecule has 0 spiro atoms. The predicted molar refractivity (Wildman–Crippen MR) is 163 cm³/mol.